The molecule has 2 aromatic carbocycles. The highest BCUT2D eigenvalue weighted by Crippen LogP contribution is 2.30. The Morgan fingerprint density at radius 1 is 1.00 bits per heavy atom. The van der Waals surface area contributed by atoms with E-state index < -0.39 is 0 Å². The number of nitrogens with two attached hydrogens (primary N) is 2. The summed E-state index contributed by atoms with van der Waals surface area (Å²) in [5.41, 5.74) is 13.8. The first-order valence-corrected chi connectivity index (χ1v) is 7.77. The van der Waals surface area contributed by atoms with Gasteiger partial charge in [0.2, 0.25) is 5.95 Å². The van der Waals surface area contributed by atoms with Gasteiger partial charge in [0.05, 0.1) is 15.6 Å². The average Bonchev–Trinajstić information content (AvgIpc) is 2.49. The first kappa shape index (κ1) is 15.9. The predicted octanol–water partition coefficient (Wildman–Crippen LogP) is 4.37. The summed E-state index contributed by atoms with van der Waals surface area (Å²) in [6.45, 7) is 0.459. The Morgan fingerprint density at radius 2 is 1.78 bits per heavy atom. The summed E-state index contributed by atoms with van der Waals surface area (Å²) >= 11 is 18.2. The van der Waals surface area contributed by atoms with Gasteiger partial charge in [0.25, 0.3) is 0 Å². The van der Waals surface area contributed by atoms with E-state index in [9.17, 15) is 0 Å². The van der Waals surface area contributed by atoms with Crippen molar-refractivity contribution in [2.24, 2.45) is 0 Å². The maximum Gasteiger partial charge on any atom is 0.222 e. The molecule has 1 aromatic heterocycles. The van der Waals surface area contributed by atoms with Crippen molar-refractivity contribution in [2.45, 2.75) is 6.54 Å². The fourth-order valence-corrected chi connectivity index (χ4v) is 2.93. The van der Waals surface area contributed by atoms with Gasteiger partial charge in [0, 0.05) is 22.6 Å². The largest absolute Gasteiger partial charge is 0.383 e. The molecule has 0 unspecified atom stereocenters. The van der Waals surface area contributed by atoms with E-state index >= 15 is 0 Å². The van der Waals surface area contributed by atoms with Crippen LogP contribution >= 0.6 is 34.8 Å². The van der Waals surface area contributed by atoms with Gasteiger partial charge in [0.1, 0.15) is 5.82 Å². The number of hydrogen-bond donors (Lipinski definition) is 3. The van der Waals surface area contributed by atoms with Gasteiger partial charge in [-0.25, -0.2) is 4.98 Å². The van der Waals surface area contributed by atoms with E-state index in [-0.39, 0.29) is 5.95 Å². The van der Waals surface area contributed by atoms with Crippen molar-refractivity contribution < 1.29 is 0 Å². The molecule has 3 rings (SSSR count). The third-order valence-corrected chi connectivity index (χ3v) is 4.35. The van der Waals surface area contributed by atoms with Gasteiger partial charge < -0.3 is 16.8 Å². The van der Waals surface area contributed by atoms with Crippen molar-refractivity contribution in [1.82, 2.24) is 9.97 Å². The lowest BCUT2D eigenvalue weighted by molar-refractivity contribution is 1.15. The van der Waals surface area contributed by atoms with Gasteiger partial charge in [-0.15, -0.1) is 0 Å². The summed E-state index contributed by atoms with van der Waals surface area (Å²) in [5.74, 6) is 0.482. The van der Waals surface area contributed by atoms with Crippen LogP contribution in [-0.4, -0.2) is 9.97 Å². The van der Waals surface area contributed by atoms with Crippen LogP contribution in [0.1, 0.15) is 5.56 Å². The Labute approximate surface area is 147 Å². The van der Waals surface area contributed by atoms with Gasteiger partial charge in [-0.1, -0.05) is 34.8 Å². The lowest BCUT2D eigenvalue weighted by Gasteiger charge is -2.11. The average molecular weight is 369 g/mol. The SMILES string of the molecule is Nc1nc(N)c2cc(NCc3cc(Cl)cc(Cl)c3Cl)ccc2n1. The molecular formula is C15H12Cl3N5. The van der Waals surface area contributed by atoms with E-state index in [4.69, 9.17) is 46.3 Å². The molecule has 23 heavy (non-hydrogen) atoms. The fraction of sp³-hybridized carbons (Fsp3) is 0.0667. The van der Waals surface area contributed by atoms with Gasteiger partial charge in [-0.2, -0.15) is 4.98 Å². The van der Waals surface area contributed by atoms with Crippen LogP contribution in [0.2, 0.25) is 15.1 Å². The molecule has 0 fully saturated rings. The highest BCUT2D eigenvalue weighted by molar-refractivity contribution is 6.43. The van der Waals surface area contributed by atoms with Gasteiger partial charge in [-0.05, 0) is 35.9 Å². The summed E-state index contributed by atoms with van der Waals surface area (Å²) in [5, 5.41) is 5.39. The third kappa shape index (κ3) is 3.37. The van der Waals surface area contributed by atoms with Gasteiger partial charge in [0.15, 0.2) is 0 Å². The molecular weight excluding hydrogens is 357 g/mol. The monoisotopic (exact) mass is 367 g/mol. The number of halogens is 3. The third-order valence-electron chi connectivity index (χ3n) is 3.29. The lowest BCUT2D eigenvalue weighted by Crippen LogP contribution is -2.03. The fourth-order valence-electron chi connectivity index (χ4n) is 2.22. The molecule has 118 valence electrons. The van der Waals surface area contributed by atoms with E-state index in [1.54, 1.807) is 12.1 Å². The number of aromatic nitrogens is 2. The minimum absolute atomic E-state index is 0.149. The maximum atomic E-state index is 6.18. The zero-order valence-electron chi connectivity index (χ0n) is 11.8. The Hall–Kier alpha value is -1.95. The van der Waals surface area contributed by atoms with Gasteiger partial charge >= 0.3 is 0 Å². The first-order chi connectivity index (χ1) is 10.9. The Bertz CT molecular complexity index is 898. The molecule has 0 aliphatic heterocycles. The molecule has 5 nitrogen and oxygen atoms in total. The van der Waals surface area contributed by atoms with Crippen molar-refractivity contribution in [1.29, 1.82) is 0 Å². The number of anilines is 3. The number of rotatable bonds is 3. The molecule has 0 aliphatic rings. The predicted molar refractivity (Wildman–Crippen MR) is 97.2 cm³/mol. The summed E-state index contributed by atoms with van der Waals surface area (Å²) in [6.07, 6.45) is 0. The minimum atomic E-state index is 0.149. The van der Waals surface area contributed by atoms with Crippen molar-refractivity contribution in [2.75, 3.05) is 16.8 Å². The van der Waals surface area contributed by atoms with Crippen LogP contribution in [0, 0.1) is 0 Å². The van der Waals surface area contributed by atoms with E-state index in [2.05, 4.69) is 15.3 Å². The zero-order valence-corrected chi connectivity index (χ0v) is 14.0. The number of nitrogens with zero attached hydrogens (tertiary/aromatic N) is 2. The van der Waals surface area contributed by atoms with Crippen LogP contribution in [0.25, 0.3) is 10.9 Å². The molecule has 1 heterocycles. The van der Waals surface area contributed by atoms with Crippen LogP contribution in [-0.2, 0) is 6.54 Å². The normalized spacial score (nSPS) is 10.9. The Kier molecular flexibility index (Phi) is 4.35. The number of nitrogens with one attached hydrogen (secondary N) is 1. The van der Waals surface area contributed by atoms with Crippen LogP contribution in [0.3, 0.4) is 0 Å². The van der Waals surface area contributed by atoms with Crippen molar-refractivity contribution in [3.05, 3.63) is 51.0 Å². The van der Waals surface area contributed by atoms with Crippen LogP contribution < -0.4 is 16.8 Å². The minimum Gasteiger partial charge on any atom is -0.383 e. The standard InChI is InChI=1S/C15H12Cl3N5/c16-8-3-7(13(18)11(17)4-8)6-21-9-1-2-12-10(5-9)14(19)23-15(20)22-12/h1-5,21H,6H2,(H4,19,20,22,23). The quantitative estimate of drug-likeness (QED) is 0.597. The second kappa shape index (κ2) is 6.28. The molecule has 0 amide bonds. The van der Waals surface area contributed by atoms with Crippen molar-refractivity contribution >= 4 is 63.2 Å². The first-order valence-electron chi connectivity index (χ1n) is 6.64. The number of nitrogen functional groups attached to an aromatic ring is 2. The van der Waals surface area contributed by atoms with Crippen LogP contribution in [0.5, 0.6) is 0 Å². The molecule has 0 spiro atoms. The number of fused-ring (bicyclic) bond motifs is 1. The molecule has 5 N–H and O–H groups in total. The number of benzene rings is 2. The van der Waals surface area contributed by atoms with E-state index in [0.717, 1.165) is 16.6 Å². The zero-order chi connectivity index (χ0) is 16.6. The summed E-state index contributed by atoms with van der Waals surface area (Å²) in [6, 6.07) is 8.91. The highest BCUT2D eigenvalue weighted by atomic mass is 35.5. The lowest BCUT2D eigenvalue weighted by atomic mass is 10.2. The summed E-state index contributed by atoms with van der Waals surface area (Å²) in [7, 11) is 0. The molecule has 0 saturated heterocycles. The van der Waals surface area contributed by atoms with Crippen LogP contribution in [0.4, 0.5) is 17.5 Å². The number of hydrogen-bond acceptors (Lipinski definition) is 5. The molecule has 0 atom stereocenters. The molecule has 0 radical (unpaired) electrons. The Morgan fingerprint density at radius 3 is 2.57 bits per heavy atom. The smallest absolute Gasteiger partial charge is 0.222 e. The Balaban J connectivity index is 1.88. The summed E-state index contributed by atoms with van der Waals surface area (Å²) in [4.78, 5) is 8.10. The summed E-state index contributed by atoms with van der Waals surface area (Å²) < 4.78 is 0. The molecule has 3 aromatic rings. The maximum absolute atomic E-state index is 6.18. The molecule has 0 bridgehead atoms. The van der Waals surface area contributed by atoms with E-state index in [1.807, 2.05) is 18.2 Å². The van der Waals surface area contributed by atoms with Crippen molar-refractivity contribution in [3.63, 3.8) is 0 Å². The molecule has 0 saturated carbocycles. The second-order valence-corrected chi connectivity index (χ2v) is 6.13. The van der Waals surface area contributed by atoms with Crippen molar-refractivity contribution in [3.8, 4) is 0 Å². The van der Waals surface area contributed by atoms with E-state index in [1.165, 1.54) is 0 Å². The van der Waals surface area contributed by atoms with Gasteiger partial charge in [-0.3, -0.25) is 0 Å². The molecule has 0 aliphatic carbocycles. The highest BCUT2D eigenvalue weighted by Gasteiger charge is 2.08. The van der Waals surface area contributed by atoms with E-state index in [0.29, 0.717) is 32.9 Å². The van der Waals surface area contributed by atoms with Crippen LogP contribution in [0.15, 0.2) is 30.3 Å². The topological polar surface area (TPSA) is 89.8 Å². The second-order valence-electron chi connectivity index (χ2n) is 4.91. The molecule has 8 heteroatoms.